The Morgan fingerprint density at radius 1 is 1.15 bits per heavy atom. The summed E-state index contributed by atoms with van der Waals surface area (Å²) < 4.78 is 0. The Morgan fingerprint density at radius 2 is 1.97 bits per heavy atom. The van der Waals surface area contributed by atoms with Crippen molar-refractivity contribution < 1.29 is 19.2 Å². The monoisotopic (exact) mass is 479 g/mol. The maximum atomic E-state index is 13.3. The second kappa shape index (κ2) is 9.38. The molecular formula is C24H25N5O4S. The number of anilines is 2. The third-order valence-corrected chi connectivity index (χ3v) is 7.31. The lowest BCUT2D eigenvalue weighted by molar-refractivity contribution is -0.139. The van der Waals surface area contributed by atoms with Crippen molar-refractivity contribution in [3.63, 3.8) is 0 Å². The van der Waals surface area contributed by atoms with Crippen LogP contribution in [0, 0.1) is 17.8 Å². The fourth-order valence-electron chi connectivity index (χ4n) is 4.81. The Hall–Kier alpha value is -3.53. The average molecular weight is 480 g/mol. The summed E-state index contributed by atoms with van der Waals surface area (Å²) in [6.07, 6.45) is 8.01. The van der Waals surface area contributed by atoms with E-state index in [-0.39, 0.29) is 35.5 Å². The SMILES string of the molecule is O=C(Nc1nccs1)C1CCCN(C(=O)c2cccc(N3NC(=O)C4CC=CCC4C3=O)c2)C1. The Labute approximate surface area is 200 Å². The number of hydrogen-bond acceptors (Lipinski definition) is 6. The number of thiazole rings is 1. The first-order valence-corrected chi connectivity index (χ1v) is 12.3. The van der Waals surface area contributed by atoms with Gasteiger partial charge in [0.25, 0.3) is 5.91 Å². The molecule has 3 heterocycles. The number of carbonyl (C=O) groups excluding carboxylic acids is 4. The molecule has 176 valence electrons. The number of nitrogens with zero attached hydrogens (tertiary/aromatic N) is 3. The Morgan fingerprint density at radius 3 is 2.76 bits per heavy atom. The Bertz CT molecular complexity index is 1150. The normalized spacial score (nSPS) is 24.4. The summed E-state index contributed by atoms with van der Waals surface area (Å²) in [7, 11) is 0. The minimum Gasteiger partial charge on any atom is -0.338 e. The van der Waals surface area contributed by atoms with E-state index < -0.39 is 5.92 Å². The first-order valence-electron chi connectivity index (χ1n) is 11.4. The zero-order valence-electron chi connectivity index (χ0n) is 18.5. The van der Waals surface area contributed by atoms with E-state index in [1.54, 1.807) is 40.7 Å². The molecule has 3 aliphatic rings. The number of hydrogen-bond donors (Lipinski definition) is 2. The molecule has 0 bridgehead atoms. The van der Waals surface area contributed by atoms with Crippen LogP contribution in [0.5, 0.6) is 0 Å². The van der Waals surface area contributed by atoms with Gasteiger partial charge in [0.15, 0.2) is 5.13 Å². The van der Waals surface area contributed by atoms with Crippen LogP contribution in [0.1, 0.15) is 36.0 Å². The first kappa shape index (κ1) is 22.3. The molecule has 0 spiro atoms. The maximum absolute atomic E-state index is 13.3. The number of rotatable bonds is 4. The van der Waals surface area contributed by atoms with Crippen LogP contribution < -0.4 is 15.8 Å². The molecule has 2 aliphatic heterocycles. The lowest BCUT2D eigenvalue weighted by Crippen LogP contribution is -2.59. The number of benzene rings is 1. The van der Waals surface area contributed by atoms with E-state index in [4.69, 9.17) is 0 Å². The molecule has 2 fully saturated rings. The third kappa shape index (κ3) is 4.33. The van der Waals surface area contributed by atoms with Crippen molar-refractivity contribution in [2.45, 2.75) is 25.7 Å². The van der Waals surface area contributed by atoms with Gasteiger partial charge >= 0.3 is 0 Å². The van der Waals surface area contributed by atoms with E-state index in [0.29, 0.717) is 48.7 Å². The summed E-state index contributed by atoms with van der Waals surface area (Å²) in [5, 5.41) is 6.42. The molecule has 5 rings (SSSR count). The number of nitrogens with one attached hydrogen (secondary N) is 2. The molecule has 1 aromatic heterocycles. The van der Waals surface area contributed by atoms with E-state index in [9.17, 15) is 19.2 Å². The molecule has 2 aromatic rings. The summed E-state index contributed by atoms with van der Waals surface area (Å²) in [5.41, 5.74) is 3.56. The van der Waals surface area contributed by atoms with Crippen LogP contribution in [0.3, 0.4) is 0 Å². The first-order chi connectivity index (χ1) is 16.5. The van der Waals surface area contributed by atoms with Crippen LogP contribution in [0.15, 0.2) is 48.0 Å². The second-order valence-electron chi connectivity index (χ2n) is 8.77. The highest BCUT2D eigenvalue weighted by Crippen LogP contribution is 2.32. The summed E-state index contributed by atoms with van der Waals surface area (Å²) in [5.74, 6) is -1.76. The van der Waals surface area contributed by atoms with Crippen molar-refractivity contribution in [1.82, 2.24) is 15.3 Å². The summed E-state index contributed by atoms with van der Waals surface area (Å²) in [6.45, 7) is 0.870. The molecule has 1 aromatic carbocycles. The zero-order valence-corrected chi connectivity index (χ0v) is 19.3. The lowest BCUT2D eigenvalue weighted by atomic mass is 9.80. The molecule has 9 nitrogen and oxygen atoms in total. The number of allylic oxidation sites excluding steroid dienone is 2. The number of fused-ring (bicyclic) bond motifs is 1. The van der Waals surface area contributed by atoms with Gasteiger partial charge in [-0.25, -0.2) is 9.99 Å². The Kier molecular flexibility index (Phi) is 6.14. The van der Waals surface area contributed by atoms with Crippen molar-refractivity contribution in [2.24, 2.45) is 17.8 Å². The van der Waals surface area contributed by atoms with Crippen molar-refractivity contribution in [2.75, 3.05) is 23.4 Å². The molecule has 1 aliphatic carbocycles. The fraction of sp³-hybridized carbons (Fsp3) is 0.375. The van der Waals surface area contributed by atoms with Crippen LogP contribution in [0.2, 0.25) is 0 Å². The van der Waals surface area contributed by atoms with Gasteiger partial charge in [-0.3, -0.25) is 24.6 Å². The van der Waals surface area contributed by atoms with Crippen LogP contribution in [-0.4, -0.2) is 46.6 Å². The van der Waals surface area contributed by atoms with Gasteiger partial charge in [0.05, 0.1) is 23.4 Å². The molecule has 0 saturated carbocycles. The van der Waals surface area contributed by atoms with Gasteiger partial charge in [0, 0.05) is 30.2 Å². The van der Waals surface area contributed by atoms with Crippen LogP contribution >= 0.6 is 11.3 Å². The van der Waals surface area contributed by atoms with Gasteiger partial charge in [0.2, 0.25) is 17.7 Å². The number of aromatic nitrogens is 1. The molecule has 3 unspecified atom stereocenters. The van der Waals surface area contributed by atoms with Gasteiger partial charge in [-0.15, -0.1) is 11.3 Å². The average Bonchev–Trinajstić information content (AvgIpc) is 3.39. The van der Waals surface area contributed by atoms with Crippen molar-refractivity contribution >= 4 is 45.8 Å². The van der Waals surface area contributed by atoms with Crippen molar-refractivity contribution in [3.8, 4) is 0 Å². The van der Waals surface area contributed by atoms with Gasteiger partial charge in [0.1, 0.15) is 0 Å². The van der Waals surface area contributed by atoms with E-state index in [1.165, 1.54) is 16.3 Å². The van der Waals surface area contributed by atoms with Gasteiger partial charge in [-0.2, -0.15) is 0 Å². The van der Waals surface area contributed by atoms with Gasteiger partial charge in [-0.05, 0) is 43.9 Å². The topological polar surface area (TPSA) is 112 Å². The molecule has 4 amide bonds. The maximum Gasteiger partial charge on any atom is 0.253 e. The number of hydrazine groups is 1. The van der Waals surface area contributed by atoms with Gasteiger partial charge < -0.3 is 10.2 Å². The van der Waals surface area contributed by atoms with E-state index >= 15 is 0 Å². The Balaban J connectivity index is 1.29. The summed E-state index contributed by atoms with van der Waals surface area (Å²) in [6, 6.07) is 6.71. The number of amides is 4. The molecule has 34 heavy (non-hydrogen) atoms. The highest BCUT2D eigenvalue weighted by atomic mass is 32.1. The second-order valence-corrected chi connectivity index (χ2v) is 9.67. The predicted molar refractivity (Wildman–Crippen MR) is 127 cm³/mol. The molecule has 0 radical (unpaired) electrons. The molecule has 10 heteroatoms. The smallest absolute Gasteiger partial charge is 0.253 e. The fourth-order valence-corrected chi connectivity index (χ4v) is 5.34. The van der Waals surface area contributed by atoms with Crippen LogP contribution in [0.25, 0.3) is 0 Å². The predicted octanol–water partition coefficient (Wildman–Crippen LogP) is 2.59. The molecule has 3 atom stereocenters. The van der Waals surface area contributed by atoms with E-state index in [1.807, 2.05) is 12.2 Å². The van der Waals surface area contributed by atoms with E-state index in [2.05, 4.69) is 15.7 Å². The number of carbonyl (C=O) groups is 4. The van der Waals surface area contributed by atoms with Crippen molar-refractivity contribution in [3.05, 3.63) is 53.6 Å². The van der Waals surface area contributed by atoms with Crippen LogP contribution in [-0.2, 0) is 14.4 Å². The number of piperidine rings is 1. The lowest BCUT2D eigenvalue weighted by Gasteiger charge is -2.38. The minimum absolute atomic E-state index is 0.140. The molecular weight excluding hydrogens is 454 g/mol. The van der Waals surface area contributed by atoms with Crippen LogP contribution in [0.4, 0.5) is 10.8 Å². The largest absolute Gasteiger partial charge is 0.338 e. The molecule has 2 saturated heterocycles. The quantitative estimate of drug-likeness (QED) is 0.655. The van der Waals surface area contributed by atoms with Crippen molar-refractivity contribution in [1.29, 1.82) is 0 Å². The summed E-state index contributed by atoms with van der Waals surface area (Å²) >= 11 is 1.35. The summed E-state index contributed by atoms with van der Waals surface area (Å²) in [4.78, 5) is 57.3. The van der Waals surface area contributed by atoms with Gasteiger partial charge in [-0.1, -0.05) is 18.2 Å². The highest BCUT2D eigenvalue weighted by molar-refractivity contribution is 7.13. The third-order valence-electron chi connectivity index (χ3n) is 6.62. The number of likely N-dealkylation sites (tertiary alicyclic amines) is 1. The molecule has 2 N–H and O–H groups in total. The van der Waals surface area contributed by atoms with E-state index in [0.717, 1.165) is 6.42 Å². The zero-order chi connectivity index (χ0) is 23.7. The minimum atomic E-state index is -0.391. The standard InChI is InChI=1S/C24H25N5O4S/c30-20(26-24-25-10-12-34-24)16-6-4-11-28(14-16)22(32)15-5-3-7-17(13-15)29-23(33)19-9-2-1-8-18(19)21(31)27-29/h1-3,5,7,10,12-13,16,18-19H,4,6,8-9,11,14H2,(H,27,31)(H,25,26,30). The highest BCUT2D eigenvalue weighted by Gasteiger charge is 2.42.